The average molecular weight is 333 g/mol. The molecular weight excluding hydrogens is 314 g/mol. The number of H-pyrrole nitrogens is 1. The number of hydrogen-bond acceptors (Lipinski definition) is 3. The fourth-order valence-corrected chi connectivity index (χ4v) is 3.17. The molecule has 5 heteroatoms. The van der Waals surface area contributed by atoms with Crippen LogP contribution in [0.3, 0.4) is 0 Å². The van der Waals surface area contributed by atoms with Crippen LogP contribution in [0.5, 0.6) is 0 Å². The molecule has 1 atom stereocenters. The molecule has 0 bridgehead atoms. The van der Waals surface area contributed by atoms with Crippen molar-refractivity contribution in [3.63, 3.8) is 0 Å². The number of fused-ring (bicyclic) bond motifs is 1. The maximum atomic E-state index is 12.6. The smallest absolute Gasteiger partial charge is 0.256 e. The highest BCUT2D eigenvalue weighted by Gasteiger charge is 2.28. The number of rotatable bonds is 3. The molecule has 2 aromatic carbocycles. The molecule has 0 saturated carbocycles. The van der Waals surface area contributed by atoms with Crippen molar-refractivity contribution in [2.45, 2.75) is 19.1 Å². The number of aromatic amines is 1. The van der Waals surface area contributed by atoms with E-state index < -0.39 is 6.10 Å². The van der Waals surface area contributed by atoms with Gasteiger partial charge in [0.15, 0.2) is 6.10 Å². The molecule has 1 amide bonds. The number of aromatic nitrogens is 2. The van der Waals surface area contributed by atoms with Gasteiger partial charge in [0, 0.05) is 18.5 Å². The first-order valence-corrected chi connectivity index (χ1v) is 8.37. The van der Waals surface area contributed by atoms with Crippen molar-refractivity contribution in [3.8, 4) is 11.4 Å². The van der Waals surface area contributed by atoms with Crippen LogP contribution in [0.4, 0.5) is 0 Å². The molecule has 2 N–H and O–H groups in total. The molecule has 5 nitrogen and oxygen atoms in total. The van der Waals surface area contributed by atoms with E-state index in [-0.39, 0.29) is 5.91 Å². The zero-order valence-electron chi connectivity index (χ0n) is 13.7. The molecule has 0 spiro atoms. The van der Waals surface area contributed by atoms with Crippen LogP contribution in [0.15, 0.2) is 60.7 Å². The molecule has 0 unspecified atom stereocenters. The van der Waals surface area contributed by atoms with Gasteiger partial charge in [-0.25, -0.2) is 4.98 Å². The Labute approximate surface area is 146 Å². The molecule has 3 aromatic rings. The highest BCUT2D eigenvalue weighted by molar-refractivity contribution is 5.82. The van der Waals surface area contributed by atoms with E-state index in [1.54, 1.807) is 17.0 Å². The summed E-state index contributed by atoms with van der Waals surface area (Å²) in [5, 5.41) is 10.4. The van der Waals surface area contributed by atoms with Crippen LogP contribution >= 0.6 is 0 Å². The number of aliphatic hydroxyl groups is 1. The molecule has 1 aliphatic rings. The SMILES string of the molecule is O=C([C@H](O)c1ccccc1)N1CCc2nc(-c3ccccc3)[nH]c2C1. The molecule has 0 radical (unpaired) electrons. The minimum absolute atomic E-state index is 0.271. The number of hydrogen-bond donors (Lipinski definition) is 2. The van der Waals surface area contributed by atoms with Crippen LogP contribution in [0, 0.1) is 0 Å². The number of carbonyl (C=O) groups is 1. The highest BCUT2D eigenvalue weighted by atomic mass is 16.3. The number of imidazole rings is 1. The van der Waals surface area contributed by atoms with E-state index in [9.17, 15) is 9.90 Å². The summed E-state index contributed by atoms with van der Waals surface area (Å²) in [4.78, 5) is 22.3. The summed E-state index contributed by atoms with van der Waals surface area (Å²) in [6.45, 7) is 1.01. The quantitative estimate of drug-likeness (QED) is 0.774. The minimum Gasteiger partial charge on any atom is -0.378 e. The Morgan fingerprint density at radius 1 is 1.08 bits per heavy atom. The van der Waals surface area contributed by atoms with Crippen LogP contribution in [-0.4, -0.2) is 32.4 Å². The van der Waals surface area contributed by atoms with Gasteiger partial charge in [0.2, 0.25) is 0 Å². The van der Waals surface area contributed by atoms with Crippen LogP contribution in [0.25, 0.3) is 11.4 Å². The molecule has 0 aliphatic carbocycles. The van der Waals surface area contributed by atoms with Gasteiger partial charge in [-0.05, 0) is 5.56 Å². The Kier molecular flexibility index (Phi) is 4.07. The Balaban J connectivity index is 1.53. The van der Waals surface area contributed by atoms with Gasteiger partial charge < -0.3 is 15.0 Å². The third kappa shape index (κ3) is 3.06. The van der Waals surface area contributed by atoms with Crippen molar-refractivity contribution in [1.82, 2.24) is 14.9 Å². The number of nitrogens with one attached hydrogen (secondary N) is 1. The van der Waals surface area contributed by atoms with Crippen molar-refractivity contribution in [2.75, 3.05) is 6.54 Å². The number of nitrogens with zero attached hydrogens (tertiary/aromatic N) is 2. The van der Waals surface area contributed by atoms with Crippen molar-refractivity contribution in [3.05, 3.63) is 77.6 Å². The predicted molar refractivity (Wildman–Crippen MR) is 94.5 cm³/mol. The molecule has 25 heavy (non-hydrogen) atoms. The summed E-state index contributed by atoms with van der Waals surface area (Å²) in [6.07, 6.45) is -0.439. The summed E-state index contributed by atoms with van der Waals surface area (Å²) in [6, 6.07) is 19.0. The Morgan fingerprint density at radius 3 is 2.48 bits per heavy atom. The Morgan fingerprint density at radius 2 is 1.76 bits per heavy atom. The first kappa shape index (κ1) is 15.6. The summed E-state index contributed by atoms with van der Waals surface area (Å²) in [5.41, 5.74) is 3.59. The predicted octanol–water partition coefficient (Wildman–Crippen LogP) is 2.70. The van der Waals surface area contributed by atoms with E-state index >= 15 is 0 Å². The summed E-state index contributed by atoms with van der Waals surface area (Å²) < 4.78 is 0. The Hall–Kier alpha value is -2.92. The fraction of sp³-hybridized carbons (Fsp3) is 0.200. The summed E-state index contributed by atoms with van der Waals surface area (Å²) in [7, 11) is 0. The van der Waals surface area contributed by atoms with Gasteiger partial charge in [0.1, 0.15) is 5.82 Å². The zero-order chi connectivity index (χ0) is 17.2. The third-order valence-corrected chi connectivity index (χ3v) is 4.54. The maximum Gasteiger partial charge on any atom is 0.256 e. The molecule has 0 fully saturated rings. The lowest BCUT2D eigenvalue weighted by atomic mass is 10.1. The second kappa shape index (κ2) is 6.53. The van der Waals surface area contributed by atoms with E-state index in [0.29, 0.717) is 25.1 Å². The topological polar surface area (TPSA) is 69.2 Å². The van der Waals surface area contributed by atoms with Crippen molar-refractivity contribution in [1.29, 1.82) is 0 Å². The fourth-order valence-electron chi connectivity index (χ4n) is 3.17. The van der Waals surface area contributed by atoms with Gasteiger partial charge in [-0.2, -0.15) is 0 Å². The number of benzene rings is 2. The molecular formula is C20H19N3O2. The zero-order valence-corrected chi connectivity index (χ0v) is 13.7. The molecule has 1 aliphatic heterocycles. The van der Waals surface area contributed by atoms with E-state index in [4.69, 9.17) is 0 Å². The lowest BCUT2D eigenvalue weighted by Crippen LogP contribution is -2.39. The van der Waals surface area contributed by atoms with Gasteiger partial charge in [0.05, 0.1) is 17.9 Å². The number of aliphatic hydroxyl groups excluding tert-OH is 1. The number of carbonyl (C=O) groups excluding carboxylic acids is 1. The van der Waals surface area contributed by atoms with Crippen LogP contribution in [0.1, 0.15) is 23.1 Å². The van der Waals surface area contributed by atoms with Crippen LogP contribution < -0.4 is 0 Å². The van der Waals surface area contributed by atoms with Crippen molar-refractivity contribution >= 4 is 5.91 Å². The Bertz CT molecular complexity index is 874. The van der Waals surface area contributed by atoms with E-state index in [2.05, 4.69) is 9.97 Å². The second-order valence-electron chi connectivity index (χ2n) is 6.20. The first-order valence-electron chi connectivity index (χ1n) is 8.37. The van der Waals surface area contributed by atoms with Crippen LogP contribution in [0.2, 0.25) is 0 Å². The van der Waals surface area contributed by atoms with E-state index in [1.165, 1.54) is 0 Å². The molecule has 1 aromatic heterocycles. The second-order valence-corrected chi connectivity index (χ2v) is 6.20. The van der Waals surface area contributed by atoms with Gasteiger partial charge >= 0.3 is 0 Å². The average Bonchev–Trinajstić information content (AvgIpc) is 3.11. The lowest BCUT2D eigenvalue weighted by molar-refractivity contribution is -0.141. The molecule has 126 valence electrons. The summed E-state index contributed by atoms with van der Waals surface area (Å²) >= 11 is 0. The largest absolute Gasteiger partial charge is 0.378 e. The van der Waals surface area contributed by atoms with Crippen molar-refractivity contribution < 1.29 is 9.90 Å². The molecule has 4 rings (SSSR count). The third-order valence-electron chi connectivity index (χ3n) is 4.54. The van der Waals surface area contributed by atoms with Crippen LogP contribution in [-0.2, 0) is 17.8 Å². The summed E-state index contributed by atoms with van der Waals surface area (Å²) in [5.74, 6) is 0.552. The van der Waals surface area contributed by atoms with Gasteiger partial charge in [0.25, 0.3) is 5.91 Å². The normalized spacial score (nSPS) is 14.8. The van der Waals surface area contributed by atoms with Gasteiger partial charge in [-0.1, -0.05) is 60.7 Å². The standard InChI is InChI=1S/C20H19N3O2/c24-18(14-7-3-1-4-8-14)20(25)23-12-11-16-17(13-23)22-19(21-16)15-9-5-2-6-10-15/h1-10,18,24H,11-13H2,(H,21,22)/t18-/m1/s1. The lowest BCUT2D eigenvalue weighted by Gasteiger charge is -2.28. The maximum absolute atomic E-state index is 12.6. The number of amides is 1. The minimum atomic E-state index is -1.13. The monoisotopic (exact) mass is 333 g/mol. The van der Waals surface area contributed by atoms with Gasteiger partial charge in [-0.3, -0.25) is 4.79 Å². The van der Waals surface area contributed by atoms with Gasteiger partial charge in [-0.15, -0.1) is 0 Å². The molecule has 0 saturated heterocycles. The highest BCUT2D eigenvalue weighted by Crippen LogP contribution is 2.24. The first-order chi connectivity index (χ1) is 12.2. The van der Waals surface area contributed by atoms with E-state index in [0.717, 1.165) is 22.8 Å². The molecule has 2 heterocycles. The van der Waals surface area contributed by atoms with E-state index in [1.807, 2.05) is 48.5 Å². The van der Waals surface area contributed by atoms with Crippen molar-refractivity contribution in [2.24, 2.45) is 0 Å².